The summed E-state index contributed by atoms with van der Waals surface area (Å²) < 4.78 is 12.9. The quantitative estimate of drug-likeness (QED) is 0.892. The molecule has 2 amide bonds. The van der Waals surface area contributed by atoms with E-state index in [1.165, 1.54) is 34.5 Å². The van der Waals surface area contributed by atoms with Crippen molar-refractivity contribution in [2.24, 2.45) is 0 Å². The molecule has 5 heteroatoms. The molecule has 1 heterocycles. The minimum Gasteiger partial charge on any atom is -0.368 e. The van der Waals surface area contributed by atoms with Crippen molar-refractivity contribution in [3.63, 3.8) is 0 Å². The maximum absolute atomic E-state index is 12.9. The number of halogens is 1. The lowest BCUT2D eigenvalue weighted by Crippen LogP contribution is -2.50. The average Bonchev–Trinajstić information content (AvgIpc) is 2.56. The minimum atomic E-state index is -0.310. The second kappa shape index (κ2) is 7.13. The number of aryl methyl sites for hydroxylation is 3. The molecule has 2 aromatic rings. The Balaban J connectivity index is 1.62. The third-order valence-corrected chi connectivity index (χ3v) is 4.61. The Morgan fingerprint density at radius 1 is 0.960 bits per heavy atom. The summed E-state index contributed by atoms with van der Waals surface area (Å²) in [5.41, 5.74) is 5.72. The number of carbonyl (C=O) groups excluding carboxylic acids is 1. The molecule has 0 spiro atoms. The van der Waals surface area contributed by atoms with E-state index in [0.717, 1.165) is 13.1 Å². The van der Waals surface area contributed by atoms with Crippen LogP contribution in [0, 0.1) is 26.6 Å². The lowest BCUT2D eigenvalue weighted by Gasteiger charge is -2.37. The van der Waals surface area contributed by atoms with E-state index in [0.29, 0.717) is 18.8 Å². The highest BCUT2D eigenvalue weighted by atomic mass is 19.1. The van der Waals surface area contributed by atoms with Crippen LogP contribution in [-0.4, -0.2) is 37.1 Å². The zero-order valence-electron chi connectivity index (χ0n) is 15.0. The summed E-state index contributed by atoms with van der Waals surface area (Å²) in [5.74, 6) is -0.310. The van der Waals surface area contributed by atoms with Crippen LogP contribution in [0.5, 0.6) is 0 Å². The van der Waals surface area contributed by atoms with E-state index in [9.17, 15) is 9.18 Å². The number of hydrogen-bond acceptors (Lipinski definition) is 2. The van der Waals surface area contributed by atoms with Crippen LogP contribution in [0.1, 0.15) is 16.7 Å². The van der Waals surface area contributed by atoms with Crippen molar-refractivity contribution in [1.29, 1.82) is 0 Å². The highest BCUT2D eigenvalue weighted by molar-refractivity contribution is 5.89. The minimum absolute atomic E-state index is 0.136. The zero-order valence-corrected chi connectivity index (χ0v) is 15.0. The number of rotatable bonds is 2. The van der Waals surface area contributed by atoms with Gasteiger partial charge >= 0.3 is 6.03 Å². The summed E-state index contributed by atoms with van der Waals surface area (Å²) in [6.45, 7) is 9.34. The van der Waals surface area contributed by atoms with Crippen LogP contribution < -0.4 is 10.2 Å². The Bertz CT molecular complexity index is 742. The van der Waals surface area contributed by atoms with E-state index in [2.05, 4.69) is 43.1 Å². The van der Waals surface area contributed by atoms with Crippen molar-refractivity contribution in [2.45, 2.75) is 20.8 Å². The first kappa shape index (κ1) is 17.3. The number of anilines is 2. The van der Waals surface area contributed by atoms with Gasteiger partial charge in [-0.2, -0.15) is 0 Å². The first-order valence-electron chi connectivity index (χ1n) is 8.58. The van der Waals surface area contributed by atoms with Gasteiger partial charge in [0.15, 0.2) is 0 Å². The number of nitrogens with one attached hydrogen (secondary N) is 1. The standard InChI is InChI=1S/C20H24FN3O/c1-14-12-15(2)19(16(3)13-14)23-8-10-24(11-9-23)20(25)22-18-6-4-17(21)5-7-18/h4-7,12-13H,8-11H2,1-3H3,(H,22,25). The van der Waals surface area contributed by atoms with Gasteiger partial charge in [-0.15, -0.1) is 0 Å². The number of benzene rings is 2. The summed E-state index contributed by atoms with van der Waals surface area (Å²) in [6, 6.07) is 10.1. The second-order valence-electron chi connectivity index (χ2n) is 6.66. The van der Waals surface area contributed by atoms with Gasteiger partial charge in [-0.3, -0.25) is 0 Å². The predicted molar refractivity (Wildman–Crippen MR) is 99.9 cm³/mol. The summed E-state index contributed by atoms with van der Waals surface area (Å²) in [7, 11) is 0. The van der Waals surface area contributed by atoms with Gasteiger partial charge in [0.25, 0.3) is 0 Å². The van der Waals surface area contributed by atoms with E-state index in [1.807, 2.05) is 0 Å². The molecule has 1 aliphatic rings. The number of urea groups is 1. The fourth-order valence-electron chi connectivity index (χ4n) is 3.54. The van der Waals surface area contributed by atoms with E-state index in [4.69, 9.17) is 0 Å². The highest BCUT2D eigenvalue weighted by Gasteiger charge is 2.23. The summed E-state index contributed by atoms with van der Waals surface area (Å²) in [6.07, 6.45) is 0. The molecular weight excluding hydrogens is 317 g/mol. The molecule has 1 N–H and O–H groups in total. The van der Waals surface area contributed by atoms with Gasteiger partial charge in [-0.05, 0) is 56.2 Å². The molecule has 0 aliphatic carbocycles. The fraction of sp³-hybridized carbons (Fsp3) is 0.350. The highest BCUT2D eigenvalue weighted by Crippen LogP contribution is 2.27. The summed E-state index contributed by atoms with van der Waals surface area (Å²) in [5, 5.41) is 2.83. The molecule has 0 saturated carbocycles. The molecule has 1 fully saturated rings. The molecule has 1 aliphatic heterocycles. The lowest BCUT2D eigenvalue weighted by atomic mass is 10.0. The van der Waals surface area contributed by atoms with E-state index in [1.54, 1.807) is 17.0 Å². The van der Waals surface area contributed by atoms with Crippen molar-refractivity contribution in [3.05, 3.63) is 58.9 Å². The average molecular weight is 341 g/mol. The topological polar surface area (TPSA) is 35.6 Å². The van der Waals surface area contributed by atoms with E-state index < -0.39 is 0 Å². The monoisotopic (exact) mass is 341 g/mol. The van der Waals surface area contributed by atoms with E-state index >= 15 is 0 Å². The predicted octanol–water partition coefficient (Wildman–Crippen LogP) is 4.11. The SMILES string of the molecule is Cc1cc(C)c(N2CCN(C(=O)Nc3ccc(F)cc3)CC2)c(C)c1. The van der Waals surface area contributed by atoms with Gasteiger partial charge in [0, 0.05) is 37.6 Å². The Kier molecular flexibility index (Phi) is 4.93. The van der Waals surface area contributed by atoms with Gasteiger partial charge in [0.1, 0.15) is 5.82 Å². The van der Waals surface area contributed by atoms with E-state index in [-0.39, 0.29) is 11.8 Å². The molecule has 0 atom stereocenters. The third-order valence-electron chi connectivity index (χ3n) is 4.61. The molecule has 4 nitrogen and oxygen atoms in total. The number of carbonyl (C=O) groups is 1. The zero-order chi connectivity index (χ0) is 18.0. The molecule has 2 aromatic carbocycles. The molecule has 3 rings (SSSR count). The van der Waals surface area contributed by atoms with Crippen LogP contribution in [-0.2, 0) is 0 Å². The molecule has 0 unspecified atom stereocenters. The van der Waals surface area contributed by atoms with Gasteiger partial charge in [0.2, 0.25) is 0 Å². The Morgan fingerprint density at radius 3 is 2.08 bits per heavy atom. The molecule has 0 radical (unpaired) electrons. The number of nitrogens with zero attached hydrogens (tertiary/aromatic N) is 2. The van der Waals surface area contributed by atoms with Crippen LogP contribution in [0.15, 0.2) is 36.4 Å². The van der Waals surface area contributed by atoms with Crippen molar-refractivity contribution in [1.82, 2.24) is 4.90 Å². The number of piperazine rings is 1. The van der Waals surface area contributed by atoms with Crippen molar-refractivity contribution in [2.75, 3.05) is 36.4 Å². The van der Waals surface area contributed by atoms with Gasteiger partial charge in [-0.1, -0.05) is 17.7 Å². The summed E-state index contributed by atoms with van der Waals surface area (Å²) >= 11 is 0. The Hall–Kier alpha value is -2.56. The first-order chi connectivity index (χ1) is 11.9. The molecule has 0 aromatic heterocycles. The van der Waals surface area contributed by atoms with Gasteiger partial charge in [-0.25, -0.2) is 9.18 Å². The lowest BCUT2D eigenvalue weighted by molar-refractivity contribution is 0.208. The van der Waals surface area contributed by atoms with Crippen LogP contribution in [0.25, 0.3) is 0 Å². The maximum Gasteiger partial charge on any atom is 0.321 e. The van der Waals surface area contributed by atoms with Crippen LogP contribution in [0.2, 0.25) is 0 Å². The Labute approximate surface area is 148 Å². The van der Waals surface area contributed by atoms with Crippen LogP contribution >= 0.6 is 0 Å². The van der Waals surface area contributed by atoms with Gasteiger partial charge < -0.3 is 15.1 Å². The van der Waals surface area contributed by atoms with Gasteiger partial charge in [0.05, 0.1) is 0 Å². The summed E-state index contributed by atoms with van der Waals surface area (Å²) in [4.78, 5) is 16.5. The molecule has 0 bridgehead atoms. The Morgan fingerprint density at radius 2 is 1.52 bits per heavy atom. The second-order valence-corrected chi connectivity index (χ2v) is 6.66. The molecule has 1 saturated heterocycles. The van der Waals surface area contributed by atoms with Crippen molar-refractivity contribution < 1.29 is 9.18 Å². The molecule has 25 heavy (non-hydrogen) atoms. The number of hydrogen-bond donors (Lipinski definition) is 1. The maximum atomic E-state index is 12.9. The largest absolute Gasteiger partial charge is 0.368 e. The van der Waals surface area contributed by atoms with Crippen LogP contribution in [0.3, 0.4) is 0 Å². The molecule has 132 valence electrons. The first-order valence-corrected chi connectivity index (χ1v) is 8.58. The van der Waals surface area contributed by atoms with Crippen molar-refractivity contribution in [3.8, 4) is 0 Å². The normalized spacial score (nSPS) is 14.6. The fourth-order valence-corrected chi connectivity index (χ4v) is 3.54. The van der Waals surface area contributed by atoms with Crippen LogP contribution in [0.4, 0.5) is 20.6 Å². The van der Waals surface area contributed by atoms with Crippen molar-refractivity contribution >= 4 is 17.4 Å². The smallest absolute Gasteiger partial charge is 0.321 e. The third kappa shape index (κ3) is 3.92. The molecular formula is C20H24FN3O. The number of amides is 2.